The summed E-state index contributed by atoms with van der Waals surface area (Å²) in [7, 11) is 1.66. The molecule has 0 heterocycles. The molecule has 0 saturated heterocycles. The van der Waals surface area contributed by atoms with E-state index in [4.69, 9.17) is 4.74 Å². The van der Waals surface area contributed by atoms with Crippen molar-refractivity contribution in [3.05, 3.63) is 95.6 Å². The summed E-state index contributed by atoms with van der Waals surface area (Å²) in [6.07, 6.45) is 1.13. The summed E-state index contributed by atoms with van der Waals surface area (Å²) in [4.78, 5) is 12.3. The zero-order chi connectivity index (χ0) is 17.5. The maximum absolute atomic E-state index is 12.3. The Morgan fingerprint density at radius 1 is 0.840 bits per heavy atom. The SMILES string of the molecule is COc1ccc(Cc2ccccc2NC(=O)Cc2ccccc2)cc1. The van der Waals surface area contributed by atoms with Gasteiger partial charge in [-0.05, 0) is 41.3 Å². The summed E-state index contributed by atoms with van der Waals surface area (Å²) in [5.74, 6) is 0.835. The molecule has 0 fully saturated rings. The second kappa shape index (κ2) is 8.15. The van der Waals surface area contributed by atoms with E-state index in [1.165, 1.54) is 5.56 Å². The Kier molecular flexibility index (Phi) is 5.47. The van der Waals surface area contributed by atoms with Crippen LogP contribution in [0.25, 0.3) is 0 Å². The smallest absolute Gasteiger partial charge is 0.228 e. The Balaban J connectivity index is 1.70. The highest BCUT2D eigenvalue weighted by molar-refractivity contribution is 5.93. The molecule has 126 valence electrons. The first-order valence-corrected chi connectivity index (χ1v) is 8.29. The van der Waals surface area contributed by atoms with Crippen molar-refractivity contribution in [2.75, 3.05) is 12.4 Å². The van der Waals surface area contributed by atoms with Gasteiger partial charge in [0, 0.05) is 5.69 Å². The molecule has 0 aliphatic heterocycles. The van der Waals surface area contributed by atoms with Gasteiger partial charge in [0.15, 0.2) is 0 Å². The molecule has 0 unspecified atom stereocenters. The number of benzene rings is 3. The van der Waals surface area contributed by atoms with E-state index in [2.05, 4.69) is 5.32 Å². The first kappa shape index (κ1) is 16.8. The number of carbonyl (C=O) groups excluding carboxylic acids is 1. The molecular weight excluding hydrogens is 310 g/mol. The van der Waals surface area contributed by atoms with Gasteiger partial charge in [-0.15, -0.1) is 0 Å². The fourth-order valence-electron chi connectivity index (χ4n) is 2.74. The molecule has 3 rings (SSSR count). The largest absolute Gasteiger partial charge is 0.497 e. The zero-order valence-electron chi connectivity index (χ0n) is 14.2. The molecule has 3 nitrogen and oxygen atoms in total. The van der Waals surface area contributed by atoms with Gasteiger partial charge in [-0.25, -0.2) is 0 Å². The summed E-state index contributed by atoms with van der Waals surface area (Å²) in [6, 6.07) is 25.7. The molecule has 0 spiro atoms. The molecule has 3 heteroatoms. The highest BCUT2D eigenvalue weighted by atomic mass is 16.5. The summed E-state index contributed by atoms with van der Waals surface area (Å²) in [5.41, 5.74) is 4.13. The molecule has 0 bridgehead atoms. The van der Waals surface area contributed by atoms with Gasteiger partial charge in [0.2, 0.25) is 5.91 Å². The molecule has 0 atom stereocenters. The fourth-order valence-corrected chi connectivity index (χ4v) is 2.74. The number of amides is 1. The number of anilines is 1. The van der Waals surface area contributed by atoms with E-state index in [0.717, 1.165) is 29.0 Å². The lowest BCUT2D eigenvalue weighted by Gasteiger charge is -2.12. The van der Waals surface area contributed by atoms with Crippen molar-refractivity contribution in [1.82, 2.24) is 0 Å². The number of para-hydroxylation sites is 1. The molecule has 0 saturated carbocycles. The van der Waals surface area contributed by atoms with Gasteiger partial charge in [0.25, 0.3) is 0 Å². The van der Waals surface area contributed by atoms with Crippen molar-refractivity contribution in [3.63, 3.8) is 0 Å². The number of nitrogens with one attached hydrogen (secondary N) is 1. The fraction of sp³-hybridized carbons (Fsp3) is 0.136. The maximum atomic E-state index is 12.3. The van der Waals surface area contributed by atoms with Gasteiger partial charge in [-0.1, -0.05) is 60.7 Å². The lowest BCUT2D eigenvalue weighted by Crippen LogP contribution is -2.15. The molecule has 0 radical (unpaired) electrons. The predicted octanol–water partition coefficient (Wildman–Crippen LogP) is 4.47. The number of hydrogen-bond donors (Lipinski definition) is 1. The monoisotopic (exact) mass is 331 g/mol. The van der Waals surface area contributed by atoms with Gasteiger partial charge < -0.3 is 10.1 Å². The average molecular weight is 331 g/mol. The van der Waals surface area contributed by atoms with E-state index >= 15 is 0 Å². The van der Waals surface area contributed by atoms with Crippen LogP contribution in [0, 0.1) is 0 Å². The molecule has 1 amide bonds. The summed E-state index contributed by atoms with van der Waals surface area (Å²) >= 11 is 0. The molecule has 25 heavy (non-hydrogen) atoms. The third kappa shape index (κ3) is 4.70. The molecule has 0 aromatic heterocycles. The molecular formula is C22H21NO2. The van der Waals surface area contributed by atoms with Crippen LogP contribution in [0.3, 0.4) is 0 Å². The third-order valence-electron chi connectivity index (χ3n) is 4.05. The third-order valence-corrected chi connectivity index (χ3v) is 4.05. The minimum absolute atomic E-state index is 0.00613. The van der Waals surface area contributed by atoms with Crippen LogP contribution in [-0.2, 0) is 17.6 Å². The second-order valence-corrected chi connectivity index (χ2v) is 5.89. The highest BCUT2D eigenvalue weighted by Crippen LogP contribution is 2.21. The molecule has 3 aromatic rings. The number of hydrogen-bond acceptors (Lipinski definition) is 2. The van der Waals surface area contributed by atoms with E-state index in [1.807, 2.05) is 78.9 Å². The summed E-state index contributed by atoms with van der Waals surface area (Å²) < 4.78 is 5.20. The van der Waals surface area contributed by atoms with Crippen molar-refractivity contribution in [3.8, 4) is 5.75 Å². The van der Waals surface area contributed by atoms with Crippen molar-refractivity contribution < 1.29 is 9.53 Å². The first-order valence-electron chi connectivity index (χ1n) is 8.29. The topological polar surface area (TPSA) is 38.3 Å². The van der Waals surface area contributed by atoms with Crippen molar-refractivity contribution in [2.45, 2.75) is 12.8 Å². The van der Waals surface area contributed by atoms with Gasteiger partial charge in [0.1, 0.15) is 5.75 Å². The van der Waals surface area contributed by atoms with E-state index in [9.17, 15) is 4.79 Å². The minimum atomic E-state index is -0.00613. The lowest BCUT2D eigenvalue weighted by atomic mass is 10.0. The van der Waals surface area contributed by atoms with Crippen LogP contribution in [0.15, 0.2) is 78.9 Å². The van der Waals surface area contributed by atoms with Crippen molar-refractivity contribution in [2.24, 2.45) is 0 Å². The predicted molar refractivity (Wildman–Crippen MR) is 101 cm³/mol. The van der Waals surface area contributed by atoms with Gasteiger partial charge >= 0.3 is 0 Å². The van der Waals surface area contributed by atoms with Gasteiger partial charge in [0.05, 0.1) is 13.5 Å². The van der Waals surface area contributed by atoms with E-state index in [-0.39, 0.29) is 5.91 Å². The number of rotatable bonds is 6. The van der Waals surface area contributed by atoms with Crippen LogP contribution >= 0.6 is 0 Å². The maximum Gasteiger partial charge on any atom is 0.228 e. The van der Waals surface area contributed by atoms with Gasteiger partial charge in [-0.3, -0.25) is 4.79 Å². The lowest BCUT2D eigenvalue weighted by molar-refractivity contribution is -0.115. The van der Waals surface area contributed by atoms with E-state index < -0.39 is 0 Å². The van der Waals surface area contributed by atoms with E-state index in [0.29, 0.717) is 6.42 Å². The highest BCUT2D eigenvalue weighted by Gasteiger charge is 2.08. The summed E-state index contributed by atoms with van der Waals surface area (Å²) in [6.45, 7) is 0. The Morgan fingerprint density at radius 3 is 2.24 bits per heavy atom. The Hall–Kier alpha value is -3.07. The van der Waals surface area contributed by atoms with Crippen molar-refractivity contribution in [1.29, 1.82) is 0 Å². The molecule has 0 aliphatic carbocycles. The first-order chi connectivity index (χ1) is 12.2. The summed E-state index contributed by atoms with van der Waals surface area (Å²) in [5, 5.41) is 3.04. The van der Waals surface area contributed by atoms with Gasteiger partial charge in [-0.2, -0.15) is 0 Å². The molecule has 0 aliphatic rings. The van der Waals surface area contributed by atoms with E-state index in [1.54, 1.807) is 7.11 Å². The van der Waals surface area contributed by atoms with Crippen LogP contribution < -0.4 is 10.1 Å². The minimum Gasteiger partial charge on any atom is -0.497 e. The quantitative estimate of drug-likeness (QED) is 0.724. The normalized spacial score (nSPS) is 10.3. The Morgan fingerprint density at radius 2 is 1.52 bits per heavy atom. The van der Waals surface area contributed by atoms with Crippen LogP contribution in [0.5, 0.6) is 5.75 Å². The second-order valence-electron chi connectivity index (χ2n) is 5.89. The number of methoxy groups -OCH3 is 1. The zero-order valence-corrected chi connectivity index (χ0v) is 14.2. The average Bonchev–Trinajstić information content (AvgIpc) is 2.65. The van der Waals surface area contributed by atoms with Crippen molar-refractivity contribution >= 4 is 11.6 Å². The molecule has 1 N–H and O–H groups in total. The molecule has 3 aromatic carbocycles. The number of ether oxygens (including phenoxy) is 1. The van der Waals surface area contributed by atoms with Crippen LogP contribution in [-0.4, -0.2) is 13.0 Å². The van der Waals surface area contributed by atoms with Crippen LogP contribution in [0.4, 0.5) is 5.69 Å². The Labute approximate surface area is 148 Å². The number of carbonyl (C=O) groups is 1. The van der Waals surface area contributed by atoms with Crippen LogP contribution in [0.1, 0.15) is 16.7 Å². The standard InChI is InChI=1S/C22H21NO2/c1-25-20-13-11-18(12-14-20)15-19-9-5-6-10-21(19)23-22(24)16-17-7-3-2-4-8-17/h2-14H,15-16H2,1H3,(H,23,24). The Bertz CT molecular complexity index is 826. The van der Waals surface area contributed by atoms with Crippen LogP contribution in [0.2, 0.25) is 0 Å².